The van der Waals surface area contributed by atoms with Crippen LogP contribution in [-0.4, -0.2) is 11.0 Å². The number of nitrogens with zero attached hydrogens (tertiary/aromatic N) is 1. The molecule has 1 heterocycles. The number of halogens is 1. The number of esters is 1. The molecule has 0 fully saturated rings. The van der Waals surface area contributed by atoms with E-state index in [1.807, 2.05) is 0 Å². The maximum Gasteiger partial charge on any atom is 0.336 e. The van der Waals surface area contributed by atoms with Crippen molar-refractivity contribution in [3.8, 4) is 5.75 Å². The van der Waals surface area contributed by atoms with Crippen molar-refractivity contribution in [3.63, 3.8) is 0 Å². The van der Waals surface area contributed by atoms with Gasteiger partial charge in [-0.1, -0.05) is 12.1 Å². The van der Waals surface area contributed by atoms with E-state index in [1.165, 1.54) is 24.6 Å². The van der Waals surface area contributed by atoms with Crippen molar-refractivity contribution >= 4 is 23.1 Å². The van der Waals surface area contributed by atoms with Crippen molar-refractivity contribution in [2.75, 3.05) is 0 Å². The molecule has 0 aliphatic heterocycles. The first kappa shape index (κ1) is 13.1. The number of benzene rings is 2. The zero-order chi connectivity index (χ0) is 14.7. The summed E-state index contributed by atoms with van der Waals surface area (Å²) in [6, 6.07) is 10.7. The van der Waals surface area contributed by atoms with Crippen molar-refractivity contribution in [1.82, 2.24) is 4.98 Å². The Morgan fingerprint density at radius 3 is 2.81 bits per heavy atom. The highest BCUT2D eigenvalue weighted by atomic mass is 19.1. The highest BCUT2D eigenvalue weighted by Gasteiger charge is 2.04. The molecule has 0 bridgehead atoms. The van der Waals surface area contributed by atoms with Gasteiger partial charge in [-0.2, -0.15) is 0 Å². The van der Waals surface area contributed by atoms with Crippen LogP contribution >= 0.6 is 0 Å². The molecule has 4 nitrogen and oxygen atoms in total. The van der Waals surface area contributed by atoms with Gasteiger partial charge in [0.1, 0.15) is 17.1 Å². The van der Waals surface area contributed by atoms with Crippen molar-refractivity contribution < 1.29 is 18.3 Å². The van der Waals surface area contributed by atoms with E-state index in [1.54, 1.807) is 36.4 Å². The van der Waals surface area contributed by atoms with E-state index in [4.69, 9.17) is 9.15 Å². The molecule has 21 heavy (non-hydrogen) atoms. The van der Waals surface area contributed by atoms with Crippen LogP contribution in [0.3, 0.4) is 0 Å². The number of aromatic nitrogens is 1. The van der Waals surface area contributed by atoms with Crippen LogP contribution in [0.5, 0.6) is 5.75 Å². The molecule has 0 unspecified atom stereocenters. The fourth-order valence-electron chi connectivity index (χ4n) is 1.79. The second-order valence-corrected chi connectivity index (χ2v) is 4.29. The minimum Gasteiger partial charge on any atom is -0.443 e. The van der Waals surface area contributed by atoms with E-state index < -0.39 is 5.97 Å². The Morgan fingerprint density at radius 2 is 2.00 bits per heavy atom. The minimum absolute atomic E-state index is 0.323. The second kappa shape index (κ2) is 5.58. The first-order valence-electron chi connectivity index (χ1n) is 6.19. The number of hydrogen-bond acceptors (Lipinski definition) is 4. The molecule has 0 atom stereocenters. The predicted octanol–water partition coefficient (Wildman–Crippen LogP) is 3.59. The highest BCUT2D eigenvalue weighted by Crippen LogP contribution is 2.19. The number of fused-ring (bicyclic) bond motifs is 1. The molecule has 0 aliphatic rings. The average Bonchev–Trinajstić information content (AvgIpc) is 2.94. The van der Waals surface area contributed by atoms with E-state index in [0.29, 0.717) is 22.4 Å². The molecule has 0 spiro atoms. The standard InChI is InChI=1S/C16H10FNO3/c17-12-4-1-11(2-5-12)3-8-16(19)21-13-6-7-15-14(9-13)18-10-20-15/h1-10H/b8-3+. The van der Waals surface area contributed by atoms with Gasteiger partial charge in [-0.05, 0) is 35.9 Å². The van der Waals surface area contributed by atoms with E-state index in [0.717, 1.165) is 0 Å². The van der Waals surface area contributed by atoms with Crippen LogP contribution in [0.15, 0.2) is 59.4 Å². The van der Waals surface area contributed by atoms with Gasteiger partial charge in [0.25, 0.3) is 0 Å². The highest BCUT2D eigenvalue weighted by molar-refractivity contribution is 5.89. The number of carbonyl (C=O) groups excluding carboxylic acids is 1. The summed E-state index contributed by atoms with van der Waals surface area (Å²) < 4.78 is 23.0. The Hall–Kier alpha value is -2.95. The van der Waals surface area contributed by atoms with Gasteiger partial charge < -0.3 is 9.15 Å². The van der Waals surface area contributed by atoms with Crippen molar-refractivity contribution in [1.29, 1.82) is 0 Å². The molecular formula is C16H10FNO3. The molecule has 2 aromatic carbocycles. The van der Waals surface area contributed by atoms with Crippen LogP contribution in [0.25, 0.3) is 17.2 Å². The van der Waals surface area contributed by atoms with Gasteiger partial charge in [0, 0.05) is 12.1 Å². The third-order valence-corrected chi connectivity index (χ3v) is 2.80. The molecule has 0 radical (unpaired) electrons. The smallest absolute Gasteiger partial charge is 0.336 e. The van der Waals surface area contributed by atoms with Crippen LogP contribution in [0.4, 0.5) is 4.39 Å². The zero-order valence-electron chi connectivity index (χ0n) is 10.8. The second-order valence-electron chi connectivity index (χ2n) is 4.29. The first-order valence-corrected chi connectivity index (χ1v) is 6.19. The van der Waals surface area contributed by atoms with E-state index in [2.05, 4.69) is 4.98 Å². The van der Waals surface area contributed by atoms with Gasteiger partial charge in [-0.25, -0.2) is 14.2 Å². The molecule has 0 amide bonds. The van der Waals surface area contributed by atoms with Crippen LogP contribution in [0, 0.1) is 5.82 Å². The van der Waals surface area contributed by atoms with Gasteiger partial charge in [0.2, 0.25) is 0 Å². The predicted molar refractivity (Wildman–Crippen MR) is 75.1 cm³/mol. The fourth-order valence-corrected chi connectivity index (χ4v) is 1.79. The Balaban J connectivity index is 1.69. The minimum atomic E-state index is -0.526. The largest absolute Gasteiger partial charge is 0.443 e. The molecule has 0 aliphatic carbocycles. The SMILES string of the molecule is O=C(/C=C/c1ccc(F)cc1)Oc1ccc2ocnc2c1. The Labute approximate surface area is 119 Å². The van der Waals surface area contributed by atoms with Crippen LogP contribution in [-0.2, 0) is 4.79 Å². The Morgan fingerprint density at radius 1 is 1.19 bits per heavy atom. The summed E-state index contributed by atoms with van der Waals surface area (Å²) in [5, 5.41) is 0. The quantitative estimate of drug-likeness (QED) is 0.419. The number of carbonyl (C=O) groups is 1. The molecule has 104 valence electrons. The maximum atomic E-state index is 12.7. The van der Waals surface area contributed by atoms with Gasteiger partial charge in [0.15, 0.2) is 12.0 Å². The molecule has 0 saturated heterocycles. The first-order chi connectivity index (χ1) is 10.2. The maximum absolute atomic E-state index is 12.7. The fraction of sp³-hybridized carbons (Fsp3) is 0. The number of rotatable bonds is 3. The van der Waals surface area contributed by atoms with Crippen molar-refractivity contribution in [2.45, 2.75) is 0 Å². The molecule has 3 rings (SSSR count). The van der Waals surface area contributed by atoms with Crippen molar-refractivity contribution in [2.24, 2.45) is 0 Å². The van der Waals surface area contributed by atoms with Crippen LogP contribution in [0.1, 0.15) is 5.56 Å². The van der Waals surface area contributed by atoms with E-state index in [-0.39, 0.29) is 5.82 Å². The van der Waals surface area contributed by atoms with Crippen molar-refractivity contribution in [3.05, 3.63) is 66.3 Å². The topological polar surface area (TPSA) is 52.3 Å². The average molecular weight is 283 g/mol. The zero-order valence-corrected chi connectivity index (χ0v) is 10.8. The number of ether oxygens (including phenoxy) is 1. The molecule has 0 N–H and O–H groups in total. The van der Waals surface area contributed by atoms with Gasteiger partial charge in [-0.3, -0.25) is 0 Å². The lowest BCUT2D eigenvalue weighted by atomic mass is 10.2. The monoisotopic (exact) mass is 283 g/mol. The summed E-state index contributed by atoms with van der Waals surface area (Å²) in [6.45, 7) is 0. The molecule has 5 heteroatoms. The van der Waals surface area contributed by atoms with Crippen LogP contribution < -0.4 is 4.74 Å². The summed E-state index contributed by atoms with van der Waals surface area (Å²) in [4.78, 5) is 15.7. The summed E-state index contributed by atoms with van der Waals surface area (Å²) in [6.07, 6.45) is 4.15. The van der Waals surface area contributed by atoms with Gasteiger partial charge in [-0.15, -0.1) is 0 Å². The molecular weight excluding hydrogens is 273 g/mol. The lowest BCUT2D eigenvalue weighted by Gasteiger charge is -2.00. The summed E-state index contributed by atoms with van der Waals surface area (Å²) in [5.74, 6) is -0.469. The summed E-state index contributed by atoms with van der Waals surface area (Å²) >= 11 is 0. The van der Waals surface area contributed by atoms with Crippen LogP contribution in [0.2, 0.25) is 0 Å². The summed E-state index contributed by atoms with van der Waals surface area (Å²) in [7, 11) is 0. The summed E-state index contributed by atoms with van der Waals surface area (Å²) in [5.41, 5.74) is 1.94. The number of oxazole rings is 1. The van der Waals surface area contributed by atoms with Gasteiger partial charge >= 0.3 is 5.97 Å². The third kappa shape index (κ3) is 3.14. The Bertz CT molecular complexity index is 806. The third-order valence-electron chi connectivity index (χ3n) is 2.80. The Kier molecular flexibility index (Phi) is 3.47. The lowest BCUT2D eigenvalue weighted by Crippen LogP contribution is -2.03. The lowest BCUT2D eigenvalue weighted by molar-refractivity contribution is -0.128. The van der Waals surface area contributed by atoms with E-state index >= 15 is 0 Å². The van der Waals surface area contributed by atoms with Gasteiger partial charge in [0.05, 0.1) is 0 Å². The molecule has 3 aromatic rings. The normalized spacial score (nSPS) is 11.1. The molecule has 0 saturated carbocycles. The number of hydrogen-bond donors (Lipinski definition) is 0. The van der Waals surface area contributed by atoms with E-state index in [9.17, 15) is 9.18 Å². The molecule has 1 aromatic heterocycles.